The maximum absolute atomic E-state index is 11.3. The average molecular weight is 288 g/mol. The number of ether oxygens (including phenoxy) is 1. The highest BCUT2D eigenvalue weighted by Crippen LogP contribution is 2.51. The van der Waals surface area contributed by atoms with Crippen LogP contribution in [0.25, 0.3) is 0 Å². The highest BCUT2D eigenvalue weighted by molar-refractivity contribution is 5.43. The molecule has 0 spiro atoms. The second-order valence-corrected chi connectivity index (χ2v) is 7.80. The Morgan fingerprint density at radius 1 is 1.19 bits per heavy atom. The number of hydrogen-bond acceptors (Lipinski definition) is 2. The Balaban J connectivity index is 2.02. The lowest BCUT2D eigenvalue weighted by molar-refractivity contribution is -0.102. The fourth-order valence-electron chi connectivity index (χ4n) is 4.83. The van der Waals surface area contributed by atoms with Crippen molar-refractivity contribution in [2.24, 2.45) is 11.3 Å². The van der Waals surface area contributed by atoms with Gasteiger partial charge < -0.3 is 9.84 Å². The molecule has 2 aliphatic rings. The van der Waals surface area contributed by atoms with E-state index < -0.39 is 5.60 Å². The van der Waals surface area contributed by atoms with Gasteiger partial charge in [-0.25, -0.2) is 0 Å². The maximum Gasteiger partial charge on any atom is 0.122 e. The topological polar surface area (TPSA) is 29.5 Å². The molecule has 0 bridgehead atoms. The van der Waals surface area contributed by atoms with Gasteiger partial charge in [0.25, 0.3) is 0 Å². The van der Waals surface area contributed by atoms with E-state index in [1.54, 1.807) is 7.11 Å². The molecule has 2 heteroatoms. The largest absolute Gasteiger partial charge is 0.496 e. The first kappa shape index (κ1) is 14.9. The monoisotopic (exact) mass is 288 g/mol. The van der Waals surface area contributed by atoms with Crippen LogP contribution in [0.15, 0.2) is 12.1 Å². The molecular weight excluding hydrogens is 260 g/mol. The molecule has 0 aliphatic heterocycles. The van der Waals surface area contributed by atoms with Gasteiger partial charge in [0.1, 0.15) is 5.75 Å². The third-order valence-electron chi connectivity index (χ3n) is 5.94. The van der Waals surface area contributed by atoms with Gasteiger partial charge in [-0.3, -0.25) is 0 Å². The van der Waals surface area contributed by atoms with E-state index in [0.717, 1.165) is 37.9 Å². The molecule has 0 saturated heterocycles. The molecule has 116 valence electrons. The van der Waals surface area contributed by atoms with Gasteiger partial charge in [0.15, 0.2) is 0 Å². The van der Waals surface area contributed by atoms with Crippen LogP contribution in [0, 0.1) is 18.3 Å². The Hall–Kier alpha value is -1.02. The van der Waals surface area contributed by atoms with Gasteiger partial charge in [0.05, 0.1) is 12.7 Å². The van der Waals surface area contributed by atoms with E-state index in [1.807, 2.05) is 0 Å². The fourth-order valence-corrected chi connectivity index (χ4v) is 4.83. The van der Waals surface area contributed by atoms with Gasteiger partial charge in [0.2, 0.25) is 0 Å². The molecule has 0 unspecified atom stereocenters. The van der Waals surface area contributed by atoms with Gasteiger partial charge in [-0.05, 0) is 66.7 Å². The van der Waals surface area contributed by atoms with Crippen LogP contribution in [0.1, 0.15) is 56.2 Å². The van der Waals surface area contributed by atoms with E-state index in [2.05, 4.69) is 32.9 Å². The van der Waals surface area contributed by atoms with Gasteiger partial charge in [-0.1, -0.05) is 26.3 Å². The number of rotatable bonds is 1. The van der Waals surface area contributed by atoms with E-state index >= 15 is 0 Å². The Kier molecular flexibility index (Phi) is 3.56. The summed E-state index contributed by atoms with van der Waals surface area (Å²) in [5.74, 6) is 1.35. The standard InChI is InChI=1S/C19H28O2/c1-13-10-14-6-7-17-18(2,3)8-5-9-19(17,20)12-15(14)11-16(13)21-4/h10-11,17,20H,5-9,12H2,1-4H3/t17-,19+/m0/s1. The molecule has 1 aromatic rings. The maximum atomic E-state index is 11.3. The van der Waals surface area contributed by atoms with Crippen LogP contribution >= 0.6 is 0 Å². The van der Waals surface area contributed by atoms with Crippen LogP contribution < -0.4 is 4.74 Å². The number of aryl methyl sites for hydroxylation is 2. The summed E-state index contributed by atoms with van der Waals surface area (Å²) in [6, 6.07) is 4.43. The Morgan fingerprint density at radius 2 is 1.95 bits per heavy atom. The van der Waals surface area contributed by atoms with Crippen molar-refractivity contribution in [2.45, 2.75) is 64.9 Å². The molecule has 1 aromatic carbocycles. The molecule has 2 nitrogen and oxygen atoms in total. The molecular formula is C19H28O2. The normalized spacial score (nSPS) is 31.0. The molecule has 0 aromatic heterocycles. The molecule has 0 heterocycles. The van der Waals surface area contributed by atoms with Crippen LogP contribution in [0.2, 0.25) is 0 Å². The molecule has 2 aliphatic carbocycles. The molecule has 2 atom stereocenters. The zero-order chi connectivity index (χ0) is 15.3. The number of hydrogen-bond donors (Lipinski definition) is 1. The van der Waals surface area contributed by atoms with E-state index in [9.17, 15) is 5.11 Å². The third kappa shape index (κ3) is 2.48. The summed E-state index contributed by atoms with van der Waals surface area (Å²) in [6.07, 6.45) is 6.28. The summed E-state index contributed by atoms with van der Waals surface area (Å²) in [5.41, 5.74) is 3.61. The summed E-state index contributed by atoms with van der Waals surface area (Å²) in [7, 11) is 1.73. The van der Waals surface area contributed by atoms with E-state index in [1.165, 1.54) is 23.1 Å². The summed E-state index contributed by atoms with van der Waals surface area (Å²) in [5, 5.41) is 11.3. The van der Waals surface area contributed by atoms with E-state index in [4.69, 9.17) is 4.74 Å². The quantitative estimate of drug-likeness (QED) is 0.844. The number of methoxy groups -OCH3 is 1. The van der Waals surface area contributed by atoms with Crippen LogP contribution in [0.4, 0.5) is 0 Å². The van der Waals surface area contributed by atoms with Crippen molar-refractivity contribution in [1.82, 2.24) is 0 Å². The van der Waals surface area contributed by atoms with Crippen LogP contribution in [0.5, 0.6) is 5.75 Å². The first-order valence-corrected chi connectivity index (χ1v) is 8.24. The minimum Gasteiger partial charge on any atom is -0.496 e. The van der Waals surface area contributed by atoms with Crippen LogP contribution in [0.3, 0.4) is 0 Å². The minimum absolute atomic E-state index is 0.244. The van der Waals surface area contributed by atoms with Crippen LogP contribution in [-0.4, -0.2) is 17.8 Å². The number of benzene rings is 1. The predicted octanol–water partition coefficient (Wildman–Crippen LogP) is 4.05. The van der Waals surface area contributed by atoms with Gasteiger partial charge in [-0.15, -0.1) is 0 Å². The van der Waals surface area contributed by atoms with Crippen molar-refractivity contribution in [2.75, 3.05) is 7.11 Å². The number of aliphatic hydroxyl groups is 1. The molecule has 1 N–H and O–H groups in total. The minimum atomic E-state index is -0.534. The van der Waals surface area contributed by atoms with Gasteiger partial charge >= 0.3 is 0 Å². The molecule has 21 heavy (non-hydrogen) atoms. The van der Waals surface area contributed by atoms with Crippen molar-refractivity contribution in [3.8, 4) is 5.75 Å². The van der Waals surface area contributed by atoms with Crippen molar-refractivity contribution in [3.63, 3.8) is 0 Å². The first-order chi connectivity index (χ1) is 9.86. The second-order valence-electron chi connectivity index (χ2n) is 7.80. The lowest BCUT2D eigenvalue weighted by Crippen LogP contribution is -2.49. The molecule has 1 saturated carbocycles. The van der Waals surface area contributed by atoms with Crippen molar-refractivity contribution in [1.29, 1.82) is 0 Å². The zero-order valence-corrected chi connectivity index (χ0v) is 13.8. The summed E-state index contributed by atoms with van der Waals surface area (Å²) < 4.78 is 5.48. The SMILES string of the molecule is COc1cc2c(cc1C)CC[C@H]1C(C)(C)CCC[C@@]1(O)C2. The van der Waals surface area contributed by atoms with E-state index in [0.29, 0.717) is 5.92 Å². The Morgan fingerprint density at radius 3 is 2.67 bits per heavy atom. The Bertz CT molecular complexity index is 547. The summed E-state index contributed by atoms with van der Waals surface area (Å²) in [6.45, 7) is 6.78. The lowest BCUT2D eigenvalue weighted by Gasteiger charge is -2.49. The zero-order valence-electron chi connectivity index (χ0n) is 13.8. The molecule has 0 amide bonds. The molecule has 1 fully saturated rings. The van der Waals surface area contributed by atoms with Crippen LogP contribution in [-0.2, 0) is 12.8 Å². The highest BCUT2D eigenvalue weighted by atomic mass is 16.5. The van der Waals surface area contributed by atoms with Crippen molar-refractivity contribution >= 4 is 0 Å². The third-order valence-corrected chi connectivity index (χ3v) is 5.94. The average Bonchev–Trinajstić information content (AvgIpc) is 2.54. The Labute approximate surface area is 128 Å². The molecule has 3 rings (SSSR count). The highest BCUT2D eigenvalue weighted by Gasteiger charge is 2.49. The van der Waals surface area contributed by atoms with Gasteiger partial charge in [0, 0.05) is 6.42 Å². The van der Waals surface area contributed by atoms with E-state index in [-0.39, 0.29) is 5.41 Å². The summed E-state index contributed by atoms with van der Waals surface area (Å²) in [4.78, 5) is 0. The lowest BCUT2D eigenvalue weighted by atomic mass is 9.59. The van der Waals surface area contributed by atoms with Crippen molar-refractivity contribution < 1.29 is 9.84 Å². The number of fused-ring (bicyclic) bond motifs is 2. The second kappa shape index (κ2) is 5.01. The van der Waals surface area contributed by atoms with Crippen molar-refractivity contribution in [3.05, 3.63) is 28.8 Å². The van der Waals surface area contributed by atoms with Gasteiger partial charge in [-0.2, -0.15) is 0 Å². The fraction of sp³-hybridized carbons (Fsp3) is 0.684. The smallest absolute Gasteiger partial charge is 0.122 e. The summed E-state index contributed by atoms with van der Waals surface area (Å²) >= 11 is 0. The first-order valence-electron chi connectivity index (χ1n) is 8.24. The predicted molar refractivity (Wildman–Crippen MR) is 85.8 cm³/mol. The molecule has 0 radical (unpaired) electrons.